The molecule has 3 aromatic rings. The summed E-state index contributed by atoms with van der Waals surface area (Å²) < 4.78 is 5.67. The molecule has 4 rings (SSSR count). The van der Waals surface area contributed by atoms with Crippen LogP contribution in [0.3, 0.4) is 0 Å². The van der Waals surface area contributed by atoms with E-state index in [2.05, 4.69) is 22.4 Å². The lowest BCUT2D eigenvalue weighted by molar-refractivity contribution is -0.118. The van der Waals surface area contributed by atoms with Crippen molar-refractivity contribution in [1.82, 2.24) is 4.98 Å². The largest absolute Gasteiger partial charge is 0.484 e. The minimum Gasteiger partial charge on any atom is -0.484 e. The van der Waals surface area contributed by atoms with E-state index in [0.29, 0.717) is 21.6 Å². The van der Waals surface area contributed by atoms with Gasteiger partial charge in [0.25, 0.3) is 5.91 Å². The number of hydrogen-bond donors (Lipinski definition) is 1. The number of hydrogen-bond acceptors (Lipinski definition) is 4. The van der Waals surface area contributed by atoms with Gasteiger partial charge in [-0.25, -0.2) is 4.98 Å². The van der Waals surface area contributed by atoms with Gasteiger partial charge in [-0.3, -0.25) is 10.1 Å². The summed E-state index contributed by atoms with van der Waals surface area (Å²) in [5, 5.41) is 4.63. The van der Waals surface area contributed by atoms with Crippen LogP contribution in [0.4, 0.5) is 5.13 Å². The van der Waals surface area contributed by atoms with Crippen molar-refractivity contribution in [2.75, 3.05) is 11.9 Å². The summed E-state index contributed by atoms with van der Waals surface area (Å²) in [4.78, 5) is 17.5. The van der Waals surface area contributed by atoms with Gasteiger partial charge >= 0.3 is 0 Å². The van der Waals surface area contributed by atoms with Gasteiger partial charge in [-0.15, -0.1) is 11.3 Å². The van der Waals surface area contributed by atoms with Gasteiger partial charge in [-0.1, -0.05) is 29.3 Å². The first-order valence-electron chi connectivity index (χ1n) is 9.50. The summed E-state index contributed by atoms with van der Waals surface area (Å²) in [5.74, 6) is 0.501. The average Bonchev–Trinajstić information content (AvgIpc) is 3.15. The lowest BCUT2D eigenvalue weighted by Crippen LogP contribution is -2.20. The van der Waals surface area contributed by atoms with Crippen molar-refractivity contribution >= 4 is 45.6 Å². The fourth-order valence-corrected chi connectivity index (χ4v) is 4.65. The minimum absolute atomic E-state index is 0.0478. The Bertz CT molecular complexity index is 1040. The third kappa shape index (κ3) is 5.30. The number of aromatic nitrogens is 1. The van der Waals surface area contributed by atoms with Crippen molar-refractivity contribution < 1.29 is 9.53 Å². The molecule has 0 radical (unpaired) electrons. The summed E-state index contributed by atoms with van der Waals surface area (Å²) in [5.41, 5.74) is 3.65. The quantitative estimate of drug-likeness (QED) is 0.509. The van der Waals surface area contributed by atoms with E-state index in [1.807, 2.05) is 12.1 Å². The van der Waals surface area contributed by atoms with Crippen LogP contribution in [-0.2, 0) is 24.1 Å². The molecule has 150 valence electrons. The zero-order valence-corrected chi connectivity index (χ0v) is 18.0. The molecule has 0 spiro atoms. The molecule has 1 aromatic heterocycles. The summed E-state index contributed by atoms with van der Waals surface area (Å²) in [6.07, 6.45) is 7.01. The Balaban J connectivity index is 1.32. The molecule has 29 heavy (non-hydrogen) atoms. The van der Waals surface area contributed by atoms with E-state index in [9.17, 15) is 4.79 Å². The highest BCUT2D eigenvalue weighted by Gasteiger charge is 2.12. The summed E-state index contributed by atoms with van der Waals surface area (Å²) in [7, 11) is 0. The molecule has 4 nitrogen and oxygen atoms in total. The maximum Gasteiger partial charge on any atom is 0.264 e. The van der Waals surface area contributed by atoms with Crippen LogP contribution in [-0.4, -0.2) is 17.5 Å². The van der Waals surface area contributed by atoms with Gasteiger partial charge in [0.15, 0.2) is 11.7 Å². The van der Waals surface area contributed by atoms with E-state index >= 15 is 0 Å². The molecule has 1 aliphatic rings. The smallest absolute Gasteiger partial charge is 0.264 e. The number of fused-ring (bicyclic) bond motifs is 1. The Morgan fingerprint density at radius 3 is 2.79 bits per heavy atom. The molecule has 0 aliphatic heterocycles. The highest BCUT2D eigenvalue weighted by molar-refractivity contribution is 7.15. The number of aryl methyl sites for hydroxylation is 2. The van der Waals surface area contributed by atoms with Crippen molar-refractivity contribution in [2.24, 2.45) is 0 Å². The van der Waals surface area contributed by atoms with Crippen LogP contribution in [0.5, 0.6) is 5.75 Å². The zero-order chi connectivity index (χ0) is 20.2. The number of amides is 1. The highest BCUT2D eigenvalue weighted by atomic mass is 35.5. The van der Waals surface area contributed by atoms with Gasteiger partial charge in [-0.05, 0) is 72.7 Å². The van der Waals surface area contributed by atoms with Gasteiger partial charge in [0.05, 0.1) is 0 Å². The number of nitrogens with one attached hydrogen (secondary N) is 1. The molecule has 2 aromatic carbocycles. The number of halogens is 2. The van der Waals surface area contributed by atoms with Crippen LogP contribution >= 0.6 is 34.5 Å². The maximum absolute atomic E-state index is 12.2. The summed E-state index contributed by atoms with van der Waals surface area (Å²) in [6, 6.07) is 11.5. The van der Waals surface area contributed by atoms with Gasteiger partial charge in [0.1, 0.15) is 5.75 Å². The van der Waals surface area contributed by atoms with E-state index in [1.165, 1.54) is 35.3 Å². The Morgan fingerprint density at radius 1 is 1.10 bits per heavy atom. The summed E-state index contributed by atoms with van der Waals surface area (Å²) >= 11 is 13.7. The van der Waals surface area contributed by atoms with Crippen LogP contribution in [0.1, 0.15) is 34.4 Å². The first-order chi connectivity index (χ1) is 14.1. The fourth-order valence-electron chi connectivity index (χ4n) is 3.42. The Kier molecular flexibility index (Phi) is 6.38. The van der Waals surface area contributed by atoms with E-state index in [1.54, 1.807) is 18.3 Å². The zero-order valence-electron chi connectivity index (χ0n) is 15.7. The lowest BCUT2D eigenvalue weighted by Gasteiger charge is -2.16. The number of nitrogens with zero attached hydrogens (tertiary/aromatic N) is 1. The predicted octanol–water partition coefficient (Wildman–Crippen LogP) is 5.94. The number of carbonyl (C=O) groups is 1. The monoisotopic (exact) mass is 446 g/mol. The predicted molar refractivity (Wildman–Crippen MR) is 119 cm³/mol. The Hall–Kier alpha value is -2.08. The molecule has 0 saturated heterocycles. The average molecular weight is 447 g/mol. The van der Waals surface area contributed by atoms with E-state index in [0.717, 1.165) is 29.0 Å². The molecule has 0 bridgehead atoms. The van der Waals surface area contributed by atoms with Crippen molar-refractivity contribution in [3.63, 3.8) is 0 Å². The molecule has 1 aliphatic carbocycles. The second-order valence-corrected chi connectivity index (χ2v) is 8.98. The number of anilines is 1. The highest BCUT2D eigenvalue weighted by Crippen LogP contribution is 2.27. The first-order valence-corrected chi connectivity index (χ1v) is 11.1. The number of carbonyl (C=O) groups excluding carboxylic acids is 1. The molecule has 1 heterocycles. The molecular weight excluding hydrogens is 427 g/mol. The number of ether oxygens (including phenoxy) is 1. The second kappa shape index (κ2) is 9.16. The fraction of sp³-hybridized carbons (Fsp3) is 0.273. The van der Waals surface area contributed by atoms with Gasteiger partial charge in [0.2, 0.25) is 0 Å². The van der Waals surface area contributed by atoms with Crippen molar-refractivity contribution in [1.29, 1.82) is 0 Å². The molecule has 0 unspecified atom stereocenters. The number of benzene rings is 2. The van der Waals surface area contributed by atoms with Crippen LogP contribution < -0.4 is 10.1 Å². The number of thiazole rings is 1. The molecular formula is C22H20Cl2N2O2S. The van der Waals surface area contributed by atoms with Crippen LogP contribution in [0.25, 0.3) is 0 Å². The van der Waals surface area contributed by atoms with E-state index < -0.39 is 0 Å². The molecule has 7 heteroatoms. The van der Waals surface area contributed by atoms with Gasteiger partial charge < -0.3 is 4.74 Å². The maximum atomic E-state index is 12.2. The molecule has 1 amide bonds. The van der Waals surface area contributed by atoms with Crippen LogP contribution in [0.15, 0.2) is 42.6 Å². The third-order valence-electron chi connectivity index (χ3n) is 4.86. The van der Waals surface area contributed by atoms with Gasteiger partial charge in [-0.2, -0.15) is 0 Å². The normalized spacial score (nSPS) is 13.0. The standard InChI is InChI=1S/C22H20Cl2N2O2S/c23-17-6-8-20(24)16(9-17)11-19-12-25-22(29-19)26-21(27)13-28-18-7-5-14-3-1-2-4-15(14)10-18/h5-10,12H,1-4,11,13H2,(H,25,26,27). The van der Waals surface area contributed by atoms with E-state index in [-0.39, 0.29) is 12.5 Å². The topological polar surface area (TPSA) is 51.2 Å². The molecule has 0 saturated carbocycles. The molecule has 1 N–H and O–H groups in total. The molecule has 0 fully saturated rings. The van der Waals surface area contributed by atoms with Gasteiger partial charge in [0, 0.05) is 27.5 Å². The van der Waals surface area contributed by atoms with Crippen molar-refractivity contribution in [3.05, 3.63) is 74.2 Å². The SMILES string of the molecule is O=C(COc1ccc2c(c1)CCCC2)Nc1ncc(Cc2cc(Cl)ccc2Cl)s1. The number of rotatable bonds is 6. The summed E-state index contributed by atoms with van der Waals surface area (Å²) in [6.45, 7) is -0.0478. The Labute approximate surface area is 183 Å². The Morgan fingerprint density at radius 2 is 1.93 bits per heavy atom. The minimum atomic E-state index is -0.232. The molecule has 0 atom stereocenters. The van der Waals surface area contributed by atoms with Crippen LogP contribution in [0, 0.1) is 0 Å². The van der Waals surface area contributed by atoms with Crippen LogP contribution in [0.2, 0.25) is 10.0 Å². The van der Waals surface area contributed by atoms with Crippen molar-refractivity contribution in [2.45, 2.75) is 32.1 Å². The first kappa shape index (κ1) is 20.2. The third-order valence-corrected chi connectivity index (χ3v) is 6.38. The lowest BCUT2D eigenvalue weighted by atomic mass is 9.92. The second-order valence-electron chi connectivity index (χ2n) is 7.02. The van der Waals surface area contributed by atoms with E-state index in [4.69, 9.17) is 27.9 Å². The van der Waals surface area contributed by atoms with Crippen molar-refractivity contribution in [3.8, 4) is 5.75 Å².